The average molecular weight is 216 g/mol. The topological polar surface area (TPSA) is 87.7 Å². The molecule has 1 fully saturated rings. The smallest absolute Gasteiger partial charge is 0.305 e. The largest absolute Gasteiger partial charge is 0.481 e. The molecule has 1 aliphatic rings. The Hall–Kier alpha value is -1.14. The van der Waals surface area contributed by atoms with Gasteiger partial charge in [0.25, 0.3) is 0 Å². The molecule has 6 nitrogen and oxygen atoms in total. The van der Waals surface area contributed by atoms with E-state index in [0.717, 1.165) is 0 Å². The van der Waals surface area contributed by atoms with Crippen molar-refractivity contribution in [3.05, 3.63) is 0 Å². The number of carbonyl (C=O) groups is 2. The van der Waals surface area contributed by atoms with Crippen LogP contribution in [0.3, 0.4) is 0 Å². The van der Waals surface area contributed by atoms with E-state index in [4.69, 9.17) is 9.84 Å². The van der Waals surface area contributed by atoms with Gasteiger partial charge in [0.2, 0.25) is 5.91 Å². The molecule has 1 rings (SSSR count). The third-order valence-corrected chi connectivity index (χ3v) is 2.43. The molecule has 6 heteroatoms. The Morgan fingerprint density at radius 1 is 1.47 bits per heavy atom. The van der Waals surface area contributed by atoms with E-state index in [-0.39, 0.29) is 30.8 Å². The van der Waals surface area contributed by atoms with Crippen LogP contribution >= 0.6 is 0 Å². The Morgan fingerprint density at radius 3 is 2.80 bits per heavy atom. The molecule has 0 saturated carbocycles. The molecule has 1 amide bonds. The SMILES string of the molecule is CNC1COCC1C(=O)NCCC(=O)O. The summed E-state index contributed by atoms with van der Waals surface area (Å²) in [6.45, 7) is 1.08. The number of amides is 1. The molecule has 2 atom stereocenters. The Bertz CT molecular complexity index is 244. The van der Waals surface area contributed by atoms with Crippen LogP contribution in [0, 0.1) is 5.92 Å². The van der Waals surface area contributed by atoms with Gasteiger partial charge in [-0.15, -0.1) is 0 Å². The van der Waals surface area contributed by atoms with Gasteiger partial charge in [0.15, 0.2) is 0 Å². The predicted octanol–water partition coefficient (Wildman–Crippen LogP) is -1.19. The molecule has 0 aromatic rings. The monoisotopic (exact) mass is 216 g/mol. The van der Waals surface area contributed by atoms with Gasteiger partial charge in [0, 0.05) is 12.6 Å². The van der Waals surface area contributed by atoms with E-state index in [1.165, 1.54) is 0 Å². The number of likely N-dealkylation sites (N-methyl/N-ethyl adjacent to an activating group) is 1. The highest BCUT2D eigenvalue weighted by Crippen LogP contribution is 2.13. The lowest BCUT2D eigenvalue weighted by atomic mass is 10.0. The maximum atomic E-state index is 11.6. The number of carboxylic acids is 1. The van der Waals surface area contributed by atoms with Crippen molar-refractivity contribution in [3.63, 3.8) is 0 Å². The fourth-order valence-corrected chi connectivity index (χ4v) is 1.52. The van der Waals surface area contributed by atoms with Crippen LogP contribution in [0.4, 0.5) is 0 Å². The Balaban J connectivity index is 2.29. The number of carbonyl (C=O) groups excluding carboxylic acids is 1. The summed E-state index contributed by atoms with van der Waals surface area (Å²) < 4.78 is 5.17. The van der Waals surface area contributed by atoms with Crippen molar-refractivity contribution in [2.45, 2.75) is 12.5 Å². The minimum absolute atomic E-state index is 0.0230. The molecule has 3 N–H and O–H groups in total. The number of carboxylic acid groups (broad SMARTS) is 1. The molecule has 15 heavy (non-hydrogen) atoms. The molecular formula is C9H16N2O4. The van der Waals surface area contributed by atoms with Crippen LogP contribution in [0.2, 0.25) is 0 Å². The first kappa shape index (κ1) is 11.9. The Labute approximate surface area is 88.0 Å². The molecule has 0 aliphatic carbocycles. The van der Waals surface area contributed by atoms with Gasteiger partial charge in [-0.2, -0.15) is 0 Å². The Kier molecular flexibility index (Phi) is 4.51. The molecule has 1 aliphatic heterocycles. The van der Waals surface area contributed by atoms with Crippen LogP contribution in [0.1, 0.15) is 6.42 Å². The van der Waals surface area contributed by atoms with Gasteiger partial charge in [-0.25, -0.2) is 0 Å². The highest BCUT2D eigenvalue weighted by atomic mass is 16.5. The molecule has 0 aromatic carbocycles. The molecule has 1 heterocycles. The second-order valence-electron chi connectivity index (χ2n) is 3.47. The van der Waals surface area contributed by atoms with Gasteiger partial charge < -0.3 is 20.5 Å². The van der Waals surface area contributed by atoms with E-state index >= 15 is 0 Å². The number of rotatable bonds is 5. The van der Waals surface area contributed by atoms with Gasteiger partial charge in [-0.05, 0) is 7.05 Å². The zero-order valence-corrected chi connectivity index (χ0v) is 8.66. The van der Waals surface area contributed by atoms with Gasteiger partial charge in [-0.3, -0.25) is 9.59 Å². The van der Waals surface area contributed by atoms with Crippen molar-refractivity contribution >= 4 is 11.9 Å². The van der Waals surface area contributed by atoms with Gasteiger partial charge in [-0.1, -0.05) is 0 Å². The number of nitrogens with one attached hydrogen (secondary N) is 2. The van der Waals surface area contributed by atoms with Gasteiger partial charge >= 0.3 is 5.97 Å². The van der Waals surface area contributed by atoms with Crippen LogP contribution < -0.4 is 10.6 Å². The van der Waals surface area contributed by atoms with Crippen molar-refractivity contribution < 1.29 is 19.4 Å². The quantitative estimate of drug-likeness (QED) is 0.538. The Morgan fingerprint density at radius 2 is 2.20 bits per heavy atom. The fraction of sp³-hybridized carbons (Fsp3) is 0.778. The number of aliphatic carboxylic acids is 1. The molecule has 1 saturated heterocycles. The molecule has 0 bridgehead atoms. The minimum atomic E-state index is -0.914. The van der Waals surface area contributed by atoms with E-state index < -0.39 is 5.97 Å². The molecule has 86 valence electrons. The summed E-state index contributed by atoms with van der Waals surface area (Å²) in [4.78, 5) is 21.8. The first-order chi connectivity index (χ1) is 7.15. The third kappa shape index (κ3) is 3.49. The van der Waals surface area contributed by atoms with E-state index in [1.807, 2.05) is 0 Å². The van der Waals surface area contributed by atoms with Crippen LogP contribution in [0.5, 0.6) is 0 Å². The summed E-state index contributed by atoms with van der Waals surface area (Å²) in [6, 6.07) is 0.0230. The summed E-state index contributed by atoms with van der Waals surface area (Å²) in [7, 11) is 1.77. The zero-order valence-electron chi connectivity index (χ0n) is 8.66. The van der Waals surface area contributed by atoms with Crippen LogP contribution in [0.25, 0.3) is 0 Å². The van der Waals surface area contributed by atoms with Crippen molar-refractivity contribution in [1.29, 1.82) is 0 Å². The minimum Gasteiger partial charge on any atom is -0.481 e. The lowest BCUT2D eigenvalue weighted by Crippen LogP contribution is -2.43. The number of ether oxygens (including phenoxy) is 1. The van der Waals surface area contributed by atoms with Gasteiger partial charge in [0.1, 0.15) is 0 Å². The van der Waals surface area contributed by atoms with Crippen LogP contribution in [-0.2, 0) is 14.3 Å². The molecule has 0 radical (unpaired) electrons. The molecular weight excluding hydrogens is 200 g/mol. The highest BCUT2D eigenvalue weighted by Gasteiger charge is 2.32. The average Bonchev–Trinajstić information content (AvgIpc) is 2.64. The normalized spacial score (nSPS) is 25.1. The first-order valence-corrected chi connectivity index (χ1v) is 4.89. The zero-order chi connectivity index (χ0) is 11.3. The number of hydrogen-bond acceptors (Lipinski definition) is 4. The standard InChI is InChI=1S/C9H16N2O4/c1-10-7-5-15-4-6(7)9(14)11-3-2-8(12)13/h6-7,10H,2-5H2,1H3,(H,11,14)(H,12,13). The number of hydrogen-bond donors (Lipinski definition) is 3. The van der Waals surface area contributed by atoms with E-state index in [9.17, 15) is 9.59 Å². The van der Waals surface area contributed by atoms with Crippen molar-refractivity contribution in [2.75, 3.05) is 26.8 Å². The highest BCUT2D eigenvalue weighted by molar-refractivity contribution is 5.80. The first-order valence-electron chi connectivity index (χ1n) is 4.89. The van der Waals surface area contributed by atoms with E-state index in [2.05, 4.69) is 10.6 Å². The second-order valence-corrected chi connectivity index (χ2v) is 3.47. The summed E-state index contributed by atoms with van der Waals surface area (Å²) in [6.07, 6.45) is -0.0520. The van der Waals surface area contributed by atoms with Crippen molar-refractivity contribution in [2.24, 2.45) is 5.92 Å². The van der Waals surface area contributed by atoms with Crippen LogP contribution in [0.15, 0.2) is 0 Å². The molecule has 2 unspecified atom stereocenters. The summed E-state index contributed by atoms with van der Waals surface area (Å²) in [5, 5.41) is 14.0. The summed E-state index contributed by atoms with van der Waals surface area (Å²) in [5.41, 5.74) is 0. The maximum absolute atomic E-state index is 11.6. The fourth-order valence-electron chi connectivity index (χ4n) is 1.52. The van der Waals surface area contributed by atoms with Crippen molar-refractivity contribution in [1.82, 2.24) is 10.6 Å². The van der Waals surface area contributed by atoms with E-state index in [1.54, 1.807) is 7.05 Å². The molecule has 0 aromatic heterocycles. The van der Waals surface area contributed by atoms with E-state index in [0.29, 0.717) is 13.2 Å². The summed E-state index contributed by atoms with van der Waals surface area (Å²) >= 11 is 0. The van der Waals surface area contributed by atoms with Crippen molar-refractivity contribution in [3.8, 4) is 0 Å². The summed E-state index contributed by atoms with van der Waals surface area (Å²) in [5.74, 6) is -1.28. The second kappa shape index (κ2) is 5.67. The predicted molar refractivity (Wildman–Crippen MR) is 52.4 cm³/mol. The van der Waals surface area contributed by atoms with Gasteiger partial charge in [0.05, 0.1) is 25.6 Å². The lowest BCUT2D eigenvalue weighted by Gasteiger charge is -2.15. The lowest BCUT2D eigenvalue weighted by molar-refractivity contribution is -0.137. The third-order valence-electron chi connectivity index (χ3n) is 2.43. The maximum Gasteiger partial charge on any atom is 0.305 e. The molecule has 0 spiro atoms. The van der Waals surface area contributed by atoms with Crippen LogP contribution in [-0.4, -0.2) is 49.8 Å².